The first-order chi connectivity index (χ1) is 9.56. The van der Waals surface area contributed by atoms with Gasteiger partial charge in [-0.2, -0.15) is 0 Å². The van der Waals surface area contributed by atoms with E-state index in [2.05, 4.69) is 0 Å². The van der Waals surface area contributed by atoms with E-state index in [-0.39, 0.29) is 23.8 Å². The number of piperidine rings is 1. The highest BCUT2D eigenvalue weighted by atomic mass is 16.2. The van der Waals surface area contributed by atoms with Gasteiger partial charge in [-0.25, -0.2) is 0 Å². The number of nitrogens with zero attached hydrogens (tertiary/aromatic N) is 2. The Kier molecular flexibility index (Phi) is 4.42. The third-order valence-corrected chi connectivity index (χ3v) is 3.95. The third-order valence-electron chi connectivity index (χ3n) is 3.95. The molecule has 0 spiro atoms. The molecule has 0 aromatic heterocycles. The van der Waals surface area contributed by atoms with Crippen LogP contribution in [0.25, 0.3) is 0 Å². The number of benzene rings is 1. The lowest BCUT2D eigenvalue weighted by molar-refractivity contribution is -0.146. The molecule has 2 amide bonds. The Labute approximate surface area is 120 Å². The summed E-state index contributed by atoms with van der Waals surface area (Å²) in [5, 5.41) is 0. The van der Waals surface area contributed by atoms with Gasteiger partial charge in [-0.3, -0.25) is 9.59 Å². The summed E-state index contributed by atoms with van der Waals surface area (Å²) in [6.45, 7) is 2.60. The van der Waals surface area contributed by atoms with Gasteiger partial charge in [0.05, 0.1) is 12.0 Å². The Morgan fingerprint density at radius 3 is 2.50 bits per heavy atom. The van der Waals surface area contributed by atoms with E-state index in [0.29, 0.717) is 19.4 Å². The summed E-state index contributed by atoms with van der Waals surface area (Å²) in [5.41, 5.74) is 1.04. The maximum absolute atomic E-state index is 12.4. The number of amides is 2. The number of rotatable bonds is 3. The van der Waals surface area contributed by atoms with Crippen molar-refractivity contribution >= 4 is 11.8 Å². The highest BCUT2D eigenvalue weighted by Gasteiger charge is 2.40. The van der Waals surface area contributed by atoms with Crippen LogP contribution in [0.3, 0.4) is 0 Å². The van der Waals surface area contributed by atoms with Crippen molar-refractivity contribution in [3.8, 4) is 0 Å². The molecule has 1 aliphatic heterocycles. The lowest BCUT2D eigenvalue weighted by Gasteiger charge is -2.41. The molecule has 1 fully saturated rings. The minimum Gasteiger partial charge on any atom is -0.349 e. The number of carbonyl (C=O) groups is 2. The number of carbonyl (C=O) groups excluding carboxylic acids is 2. The molecule has 1 saturated heterocycles. The van der Waals surface area contributed by atoms with E-state index < -0.39 is 0 Å². The summed E-state index contributed by atoms with van der Waals surface area (Å²) in [6.07, 6.45) is 1.09. The molecular formula is C16H22N2O2. The molecule has 2 atom stereocenters. The molecule has 1 aromatic rings. The topological polar surface area (TPSA) is 40.6 Å². The molecule has 0 bridgehead atoms. The van der Waals surface area contributed by atoms with Crippen LogP contribution in [0, 0.1) is 5.92 Å². The molecule has 0 N–H and O–H groups in total. The standard InChI is InChI=1S/C16H22N2O2/c1-4-18-14(19)11-10-13(16(20)17(2)3)15(18)12-8-6-5-7-9-12/h5-9,13,15H,4,10-11H2,1-3H3/t13-,15+/m1/s1. The maximum atomic E-state index is 12.4. The zero-order valence-electron chi connectivity index (χ0n) is 12.4. The fourth-order valence-corrected chi connectivity index (χ4v) is 2.98. The molecule has 1 heterocycles. The Balaban J connectivity index is 2.40. The molecular weight excluding hydrogens is 252 g/mol. The first kappa shape index (κ1) is 14.6. The fourth-order valence-electron chi connectivity index (χ4n) is 2.98. The van der Waals surface area contributed by atoms with E-state index in [0.717, 1.165) is 5.56 Å². The predicted molar refractivity (Wildman–Crippen MR) is 78.0 cm³/mol. The second-order valence-corrected chi connectivity index (χ2v) is 5.41. The largest absolute Gasteiger partial charge is 0.349 e. The summed E-state index contributed by atoms with van der Waals surface area (Å²) in [6, 6.07) is 9.73. The zero-order chi connectivity index (χ0) is 14.7. The van der Waals surface area contributed by atoms with Crippen LogP contribution in [0.5, 0.6) is 0 Å². The Morgan fingerprint density at radius 1 is 1.30 bits per heavy atom. The lowest BCUT2D eigenvalue weighted by atomic mass is 9.83. The quantitative estimate of drug-likeness (QED) is 0.846. The van der Waals surface area contributed by atoms with Gasteiger partial charge >= 0.3 is 0 Å². The van der Waals surface area contributed by atoms with Crippen molar-refractivity contribution in [2.45, 2.75) is 25.8 Å². The monoisotopic (exact) mass is 274 g/mol. The van der Waals surface area contributed by atoms with E-state index >= 15 is 0 Å². The minimum atomic E-state index is -0.148. The molecule has 0 aliphatic carbocycles. The summed E-state index contributed by atoms with van der Waals surface area (Å²) in [4.78, 5) is 28.1. The van der Waals surface area contributed by atoms with Crippen LogP contribution in [0.2, 0.25) is 0 Å². The van der Waals surface area contributed by atoms with Crippen LogP contribution in [0.15, 0.2) is 30.3 Å². The smallest absolute Gasteiger partial charge is 0.227 e. The average molecular weight is 274 g/mol. The molecule has 4 heteroatoms. The van der Waals surface area contributed by atoms with Crippen LogP contribution < -0.4 is 0 Å². The van der Waals surface area contributed by atoms with Crippen molar-refractivity contribution < 1.29 is 9.59 Å². The van der Waals surface area contributed by atoms with Gasteiger partial charge in [0.2, 0.25) is 11.8 Å². The SMILES string of the molecule is CCN1C(=O)CC[C@@H](C(=O)N(C)C)[C@@H]1c1ccccc1. The van der Waals surface area contributed by atoms with E-state index in [9.17, 15) is 9.59 Å². The lowest BCUT2D eigenvalue weighted by Crippen LogP contribution is -2.47. The first-order valence-electron chi connectivity index (χ1n) is 7.11. The van der Waals surface area contributed by atoms with Gasteiger partial charge in [-0.05, 0) is 18.9 Å². The van der Waals surface area contributed by atoms with E-state index in [1.165, 1.54) is 0 Å². The highest BCUT2D eigenvalue weighted by molar-refractivity contribution is 5.84. The van der Waals surface area contributed by atoms with E-state index in [1.54, 1.807) is 19.0 Å². The van der Waals surface area contributed by atoms with Gasteiger partial charge in [-0.1, -0.05) is 30.3 Å². The van der Waals surface area contributed by atoms with Crippen molar-refractivity contribution in [1.82, 2.24) is 9.80 Å². The van der Waals surface area contributed by atoms with E-state index in [1.807, 2.05) is 42.2 Å². The molecule has 1 aromatic carbocycles. The molecule has 4 nitrogen and oxygen atoms in total. The van der Waals surface area contributed by atoms with Gasteiger partial charge in [0.25, 0.3) is 0 Å². The van der Waals surface area contributed by atoms with Gasteiger partial charge in [-0.15, -0.1) is 0 Å². The van der Waals surface area contributed by atoms with Crippen LogP contribution in [0.4, 0.5) is 0 Å². The molecule has 0 radical (unpaired) electrons. The minimum absolute atomic E-state index is 0.102. The van der Waals surface area contributed by atoms with Crippen LogP contribution in [-0.4, -0.2) is 42.3 Å². The second-order valence-electron chi connectivity index (χ2n) is 5.41. The van der Waals surface area contributed by atoms with Crippen molar-refractivity contribution in [3.05, 3.63) is 35.9 Å². The third kappa shape index (κ3) is 2.69. The van der Waals surface area contributed by atoms with Crippen LogP contribution in [0.1, 0.15) is 31.4 Å². The van der Waals surface area contributed by atoms with E-state index in [4.69, 9.17) is 0 Å². The van der Waals surface area contributed by atoms with Gasteiger partial charge in [0, 0.05) is 27.1 Å². The average Bonchev–Trinajstić information content (AvgIpc) is 2.47. The molecule has 20 heavy (non-hydrogen) atoms. The van der Waals surface area contributed by atoms with Crippen molar-refractivity contribution in [2.24, 2.45) is 5.92 Å². The van der Waals surface area contributed by atoms with Gasteiger partial charge in [0.15, 0.2) is 0 Å². The molecule has 1 aliphatic rings. The zero-order valence-corrected chi connectivity index (χ0v) is 12.4. The summed E-state index contributed by atoms with van der Waals surface area (Å²) in [5.74, 6) is 0.0963. The number of hydrogen-bond donors (Lipinski definition) is 0. The first-order valence-corrected chi connectivity index (χ1v) is 7.11. The van der Waals surface area contributed by atoms with Crippen molar-refractivity contribution in [2.75, 3.05) is 20.6 Å². The normalized spacial score (nSPS) is 22.8. The molecule has 108 valence electrons. The molecule has 0 unspecified atom stereocenters. The fraction of sp³-hybridized carbons (Fsp3) is 0.500. The Bertz CT molecular complexity index is 485. The second kappa shape index (κ2) is 6.07. The Morgan fingerprint density at radius 2 is 1.95 bits per heavy atom. The van der Waals surface area contributed by atoms with Crippen LogP contribution in [-0.2, 0) is 9.59 Å². The maximum Gasteiger partial charge on any atom is 0.227 e. The number of likely N-dealkylation sites (tertiary alicyclic amines) is 1. The summed E-state index contributed by atoms with van der Waals surface area (Å²) < 4.78 is 0. The number of hydrogen-bond acceptors (Lipinski definition) is 2. The van der Waals surface area contributed by atoms with Crippen LogP contribution >= 0.6 is 0 Å². The van der Waals surface area contributed by atoms with Crippen molar-refractivity contribution in [3.63, 3.8) is 0 Å². The molecule has 2 rings (SSSR count). The van der Waals surface area contributed by atoms with Gasteiger partial charge < -0.3 is 9.80 Å². The van der Waals surface area contributed by atoms with Gasteiger partial charge in [0.1, 0.15) is 0 Å². The molecule has 0 saturated carbocycles. The highest BCUT2D eigenvalue weighted by Crippen LogP contribution is 2.37. The Hall–Kier alpha value is -1.84. The predicted octanol–water partition coefficient (Wildman–Crippen LogP) is 2.07. The summed E-state index contributed by atoms with van der Waals surface area (Å²) >= 11 is 0. The van der Waals surface area contributed by atoms with Crippen molar-refractivity contribution in [1.29, 1.82) is 0 Å². The summed E-state index contributed by atoms with van der Waals surface area (Å²) in [7, 11) is 3.55.